The van der Waals surface area contributed by atoms with Crippen molar-refractivity contribution in [2.24, 2.45) is 5.92 Å². The van der Waals surface area contributed by atoms with E-state index in [-0.39, 0.29) is 41.6 Å². The number of carbonyl (C=O) groups is 2. The molecule has 4 rings (SSSR count). The van der Waals surface area contributed by atoms with Crippen LogP contribution in [0.25, 0.3) is 11.5 Å². The van der Waals surface area contributed by atoms with E-state index in [4.69, 9.17) is 9.26 Å². The van der Waals surface area contributed by atoms with Crippen molar-refractivity contribution in [2.45, 2.75) is 24.7 Å². The molecule has 4 N–H and O–H groups in total. The van der Waals surface area contributed by atoms with Crippen LogP contribution in [0.1, 0.15) is 29.0 Å². The zero-order valence-electron chi connectivity index (χ0n) is 20.0. The predicted octanol–water partition coefficient (Wildman–Crippen LogP) is -1.03. The Morgan fingerprint density at radius 2 is 2.03 bits per heavy atom. The maximum atomic E-state index is 13.0. The summed E-state index contributed by atoms with van der Waals surface area (Å²) in [4.78, 5) is 33.7. The van der Waals surface area contributed by atoms with Crippen LogP contribution in [0.2, 0.25) is 0 Å². The van der Waals surface area contributed by atoms with E-state index >= 15 is 0 Å². The van der Waals surface area contributed by atoms with Gasteiger partial charge in [-0.1, -0.05) is 11.2 Å². The Balaban J connectivity index is 1.72. The van der Waals surface area contributed by atoms with Gasteiger partial charge in [-0.2, -0.15) is 4.98 Å². The molecule has 0 aliphatic heterocycles. The molecule has 0 spiro atoms. The van der Waals surface area contributed by atoms with Gasteiger partial charge in [0.1, 0.15) is 36.0 Å². The van der Waals surface area contributed by atoms with Crippen molar-refractivity contribution in [1.82, 2.24) is 20.4 Å². The van der Waals surface area contributed by atoms with E-state index in [0.29, 0.717) is 28.5 Å². The summed E-state index contributed by atoms with van der Waals surface area (Å²) in [5.74, 6) is 0.629. The molecular weight excluding hydrogens is 449 g/mol. The number of nitrogens with zero attached hydrogens (tertiary/aromatic N) is 3. The lowest BCUT2D eigenvalue weighted by Gasteiger charge is -2.22. The normalized spacial score (nSPS) is 13.2. The molecule has 11 nitrogen and oxygen atoms in total. The molecule has 2 amide bonds. The molecule has 178 valence electrons. The zero-order valence-corrected chi connectivity index (χ0v) is 20.0. The quantitative estimate of drug-likeness (QED) is 0.286. The van der Waals surface area contributed by atoms with Crippen molar-refractivity contribution < 1.29 is 24.0 Å². The third kappa shape index (κ3) is 5.83. The molecule has 1 fully saturated rings. The topological polar surface area (TPSA) is 151 Å². The Bertz CT molecular complexity index is 1260. The van der Waals surface area contributed by atoms with Gasteiger partial charge in [0.2, 0.25) is 5.91 Å². The van der Waals surface area contributed by atoms with E-state index in [1.54, 1.807) is 24.3 Å². The van der Waals surface area contributed by atoms with Gasteiger partial charge < -0.3 is 30.3 Å². The summed E-state index contributed by atoms with van der Waals surface area (Å²) in [6.07, 6.45) is 3.15. The molecule has 1 aliphatic rings. The van der Waals surface area contributed by atoms with Crippen molar-refractivity contribution in [3.63, 3.8) is 0 Å². The highest BCUT2D eigenvalue weighted by Crippen LogP contribution is 2.38. The number of benzene rings is 1. The van der Waals surface area contributed by atoms with Crippen LogP contribution in [0.3, 0.4) is 0 Å². The molecule has 0 saturated heterocycles. The van der Waals surface area contributed by atoms with Crippen molar-refractivity contribution >= 4 is 52.5 Å². The second-order valence-corrected chi connectivity index (χ2v) is 9.27. The minimum atomic E-state index is -0.465. The Labute approximate surface area is 204 Å². The molecule has 2 heterocycles. The summed E-state index contributed by atoms with van der Waals surface area (Å²) in [6.45, 7) is -0.359. The molecule has 0 atom stereocenters. The third-order valence-corrected chi connectivity index (χ3v) is 5.16. The van der Waals surface area contributed by atoms with Gasteiger partial charge in [-0.15, -0.1) is 0 Å². The Morgan fingerprint density at radius 1 is 1.26 bits per heavy atom. The first-order valence-corrected chi connectivity index (χ1v) is 11.2. The summed E-state index contributed by atoms with van der Waals surface area (Å²) < 4.78 is 10.9. The standard InChI is InChI=1S/C21H25B3N6O5/c1-34-17-11(20-28-16(9-31)30-35-20)3-2-4-13(17)26-14-7-15(27-18(32)10-5-6-10)25-8-12(14)19(33)29-21(22,23)24/h2-4,7-8,10,31H,5-6,9,22-24H2,1H3,(H,29,33)(H2,25,26,27,32). The maximum Gasteiger partial charge on any atom is 0.261 e. The fourth-order valence-corrected chi connectivity index (χ4v) is 3.39. The minimum Gasteiger partial charge on any atom is -0.494 e. The Kier molecular flexibility index (Phi) is 6.83. The predicted molar refractivity (Wildman–Crippen MR) is 137 cm³/mol. The zero-order chi connectivity index (χ0) is 25.2. The van der Waals surface area contributed by atoms with E-state index in [1.807, 2.05) is 23.5 Å². The first kappa shape index (κ1) is 24.3. The van der Waals surface area contributed by atoms with Crippen molar-refractivity contribution in [1.29, 1.82) is 0 Å². The molecule has 1 aromatic carbocycles. The van der Waals surface area contributed by atoms with Crippen LogP contribution in [0, 0.1) is 5.92 Å². The fourth-order valence-electron chi connectivity index (χ4n) is 3.39. The number of hydrogen-bond acceptors (Lipinski definition) is 9. The van der Waals surface area contributed by atoms with Crippen molar-refractivity contribution in [3.8, 4) is 17.2 Å². The molecule has 0 unspecified atom stereocenters. The molecule has 14 heteroatoms. The average Bonchev–Trinajstić information content (AvgIpc) is 3.55. The molecule has 3 aromatic rings. The summed E-state index contributed by atoms with van der Waals surface area (Å²) in [7, 11) is 7.14. The minimum absolute atomic E-state index is 0.00654. The average molecular weight is 474 g/mol. The van der Waals surface area contributed by atoms with E-state index in [1.165, 1.54) is 13.3 Å². The van der Waals surface area contributed by atoms with E-state index < -0.39 is 5.24 Å². The van der Waals surface area contributed by atoms with Gasteiger partial charge in [0.25, 0.3) is 11.8 Å². The highest BCUT2D eigenvalue weighted by atomic mass is 16.5. The number of anilines is 3. The van der Waals surface area contributed by atoms with Gasteiger partial charge in [-0.25, -0.2) is 4.98 Å². The lowest BCUT2D eigenvalue weighted by Crippen LogP contribution is -2.50. The first-order chi connectivity index (χ1) is 16.7. The molecule has 35 heavy (non-hydrogen) atoms. The van der Waals surface area contributed by atoms with Crippen LogP contribution >= 0.6 is 0 Å². The van der Waals surface area contributed by atoms with Crippen LogP contribution in [-0.4, -0.2) is 67.9 Å². The summed E-state index contributed by atoms with van der Waals surface area (Å²) >= 11 is 0. The highest BCUT2D eigenvalue weighted by Gasteiger charge is 2.30. The van der Waals surface area contributed by atoms with Crippen LogP contribution in [0.5, 0.6) is 5.75 Å². The molecule has 0 bridgehead atoms. The lowest BCUT2D eigenvalue weighted by atomic mass is 9.49. The number of aliphatic hydroxyl groups excluding tert-OH is 1. The van der Waals surface area contributed by atoms with Gasteiger partial charge in [0.05, 0.1) is 29.6 Å². The number of ether oxygens (including phenoxy) is 1. The first-order valence-electron chi connectivity index (χ1n) is 11.2. The van der Waals surface area contributed by atoms with E-state index in [9.17, 15) is 14.7 Å². The number of pyridine rings is 1. The van der Waals surface area contributed by atoms with Crippen molar-refractivity contribution in [3.05, 3.63) is 41.9 Å². The number of methoxy groups -OCH3 is 1. The summed E-state index contributed by atoms with van der Waals surface area (Å²) in [6, 6.07) is 6.87. The van der Waals surface area contributed by atoms with Crippen molar-refractivity contribution in [2.75, 3.05) is 17.7 Å². The largest absolute Gasteiger partial charge is 0.494 e. The molecular formula is C21H25B3N6O5. The Hall–Kier alpha value is -3.80. The van der Waals surface area contributed by atoms with E-state index in [2.05, 4.69) is 31.1 Å². The number of amides is 2. The summed E-state index contributed by atoms with van der Waals surface area (Å²) in [5, 5.41) is 21.5. The van der Waals surface area contributed by atoms with Gasteiger partial charge in [-0.05, 0) is 30.2 Å². The second kappa shape index (κ2) is 9.83. The number of hydrogen-bond donors (Lipinski definition) is 4. The van der Waals surface area contributed by atoms with Crippen LogP contribution < -0.4 is 20.7 Å². The monoisotopic (exact) mass is 474 g/mol. The fraction of sp³-hybridized carbons (Fsp3) is 0.286. The van der Waals surface area contributed by atoms with Gasteiger partial charge in [-0.3, -0.25) is 9.59 Å². The maximum absolute atomic E-state index is 13.0. The third-order valence-electron chi connectivity index (χ3n) is 5.16. The van der Waals surface area contributed by atoms with Crippen LogP contribution in [0.15, 0.2) is 35.0 Å². The van der Waals surface area contributed by atoms with Crippen LogP contribution in [0.4, 0.5) is 17.2 Å². The second-order valence-electron chi connectivity index (χ2n) is 9.27. The number of carbonyl (C=O) groups excluding carboxylic acids is 2. The smallest absolute Gasteiger partial charge is 0.261 e. The molecule has 2 aromatic heterocycles. The lowest BCUT2D eigenvalue weighted by molar-refractivity contribution is -0.117. The molecule has 1 aliphatic carbocycles. The van der Waals surface area contributed by atoms with Crippen LogP contribution in [-0.2, 0) is 11.4 Å². The number of aliphatic hydroxyl groups is 1. The number of para-hydroxylation sites is 1. The molecule has 0 radical (unpaired) electrons. The molecule has 1 saturated carbocycles. The SMILES string of the molecule is BC(B)(B)NC(=O)c1cnc(NC(=O)C2CC2)cc1Nc1cccc(-c2nc(CO)no2)c1OC. The number of aromatic nitrogens is 3. The Morgan fingerprint density at radius 3 is 2.66 bits per heavy atom. The van der Waals surface area contributed by atoms with Gasteiger partial charge in [0, 0.05) is 18.2 Å². The number of nitrogens with one attached hydrogen (secondary N) is 3. The van der Waals surface area contributed by atoms with Gasteiger partial charge >= 0.3 is 0 Å². The van der Waals surface area contributed by atoms with E-state index in [0.717, 1.165) is 12.8 Å². The van der Waals surface area contributed by atoms with Gasteiger partial charge in [0.15, 0.2) is 11.6 Å². The number of rotatable bonds is 9. The highest BCUT2D eigenvalue weighted by molar-refractivity contribution is 6.60. The summed E-state index contributed by atoms with van der Waals surface area (Å²) in [5.41, 5.74) is 1.73.